The van der Waals surface area contributed by atoms with Crippen molar-refractivity contribution in [3.63, 3.8) is 0 Å². The first-order valence-electron chi connectivity index (χ1n) is 20.2. The molecule has 2 heteroatoms. The first-order valence-corrected chi connectivity index (χ1v) is 20.2. The highest BCUT2D eigenvalue weighted by Gasteiger charge is 2.40. The van der Waals surface area contributed by atoms with Crippen LogP contribution in [0, 0.1) is 5.92 Å². The van der Waals surface area contributed by atoms with Gasteiger partial charge in [-0.05, 0) is 106 Å². The first-order chi connectivity index (χ1) is 27.6. The van der Waals surface area contributed by atoms with Crippen LogP contribution in [0.1, 0.15) is 91.8 Å². The molecule has 0 N–H and O–H groups in total. The second-order valence-electron chi connectivity index (χ2n) is 16.5. The predicted octanol–water partition coefficient (Wildman–Crippen LogP) is 15.1. The maximum Gasteiger partial charge on any atom is 0.136 e. The zero-order valence-corrected chi connectivity index (χ0v) is 33.6. The van der Waals surface area contributed by atoms with Crippen molar-refractivity contribution in [1.29, 1.82) is 0 Å². The van der Waals surface area contributed by atoms with Crippen molar-refractivity contribution in [2.45, 2.75) is 58.3 Å². The van der Waals surface area contributed by atoms with Gasteiger partial charge in [-0.2, -0.15) is 0 Å². The maximum atomic E-state index is 6.43. The molecule has 2 nitrogen and oxygen atoms in total. The molecule has 3 aliphatic carbocycles. The van der Waals surface area contributed by atoms with Crippen molar-refractivity contribution in [3.05, 3.63) is 204 Å². The molecule has 0 bridgehead atoms. The lowest BCUT2D eigenvalue weighted by Gasteiger charge is -2.25. The SMILES string of the molecule is C=C(C)c1ccccc1.C=C(N=C(C)C1C=CC=CC1)c1cccc2oc3ccc(C(C)C4c5ccccc5-c5cc6c(cc54)C(C)(C)c4ccccc4-6)cc3c12. The molecule has 0 amide bonds. The summed E-state index contributed by atoms with van der Waals surface area (Å²) in [7, 11) is 0. The van der Waals surface area contributed by atoms with Crippen LogP contribution in [0.5, 0.6) is 0 Å². The van der Waals surface area contributed by atoms with E-state index < -0.39 is 0 Å². The highest BCUT2D eigenvalue weighted by atomic mass is 16.3. The molecule has 10 rings (SSSR count). The summed E-state index contributed by atoms with van der Waals surface area (Å²) < 4.78 is 6.43. The number of allylic oxidation sites excluding steroid dienone is 5. The van der Waals surface area contributed by atoms with Crippen molar-refractivity contribution in [1.82, 2.24) is 0 Å². The average molecular weight is 740 g/mol. The van der Waals surface area contributed by atoms with Gasteiger partial charge in [0.1, 0.15) is 11.2 Å². The lowest BCUT2D eigenvalue weighted by Crippen LogP contribution is -2.16. The Kier molecular flexibility index (Phi) is 9.17. The Hall–Kier alpha value is -6.25. The quantitative estimate of drug-likeness (QED) is 0.156. The molecule has 0 saturated carbocycles. The number of benzene rings is 6. The van der Waals surface area contributed by atoms with E-state index in [1.807, 2.05) is 31.2 Å². The standard InChI is InChI=1S/C46H39NO.C9H10/c1-27(44-35-18-10-9-16-33(35)36-25-37-34-17-11-12-20-40(34)46(4,5)41(37)26-38(36)44)31-22-23-42-39(24-31)45-32(19-13-21-43(45)48-42)29(3)47-28(2)30-14-7-6-8-15-30;1-8(2)9-6-4-3-5-7-9/h6-14,16-27,30,44H,3,15H2,1-2,4-5H3;3-7H,1H2,2H3. The summed E-state index contributed by atoms with van der Waals surface area (Å²) in [6.07, 6.45) is 9.61. The molecular formula is C55H49NO. The predicted molar refractivity (Wildman–Crippen MR) is 243 cm³/mol. The minimum Gasteiger partial charge on any atom is -0.456 e. The summed E-state index contributed by atoms with van der Waals surface area (Å²) in [6.45, 7) is 19.5. The van der Waals surface area contributed by atoms with Gasteiger partial charge in [0.05, 0.1) is 5.70 Å². The Balaban J connectivity index is 0.000000417. The Morgan fingerprint density at radius 2 is 1.46 bits per heavy atom. The average Bonchev–Trinajstić information content (AvgIpc) is 3.85. The van der Waals surface area contributed by atoms with Crippen LogP contribution < -0.4 is 0 Å². The van der Waals surface area contributed by atoms with Crippen LogP contribution in [0.4, 0.5) is 0 Å². The fourth-order valence-electron chi connectivity index (χ4n) is 9.50. The van der Waals surface area contributed by atoms with Crippen LogP contribution in [0.2, 0.25) is 0 Å². The fourth-order valence-corrected chi connectivity index (χ4v) is 9.50. The van der Waals surface area contributed by atoms with Crippen LogP contribution in [0.25, 0.3) is 55.5 Å². The zero-order chi connectivity index (χ0) is 39.4. The maximum absolute atomic E-state index is 6.43. The van der Waals surface area contributed by atoms with Crippen molar-refractivity contribution < 1.29 is 4.42 Å². The summed E-state index contributed by atoms with van der Waals surface area (Å²) in [5, 5.41) is 2.21. The van der Waals surface area contributed by atoms with Crippen LogP contribution in [0.3, 0.4) is 0 Å². The van der Waals surface area contributed by atoms with Gasteiger partial charge in [-0.15, -0.1) is 0 Å². The minimum absolute atomic E-state index is 0.0399. The molecular weight excluding hydrogens is 691 g/mol. The topological polar surface area (TPSA) is 25.5 Å². The largest absolute Gasteiger partial charge is 0.456 e. The van der Waals surface area contributed by atoms with Gasteiger partial charge in [0.2, 0.25) is 0 Å². The molecule has 3 unspecified atom stereocenters. The zero-order valence-electron chi connectivity index (χ0n) is 33.6. The molecule has 6 aromatic carbocycles. The molecule has 1 aromatic heterocycles. The third-order valence-electron chi connectivity index (χ3n) is 12.6. The number of aliphatic imine (C=N–C) groups is 1. The second-order valence-corrected chi connectivity index (χ2v) is 16.5. The molecule has 7 aromatic rings. The lowest BCUT2D eigenvalue weighted by atomic mass is 9.77. The number of rotatable bonds is 6. The molecule has 0 aliphatic heterocycles. The fraction of sp³-hybridized carbons (Fsp3) is 0.182. The minimum atomic E-state index is -0.0399. The summed E-state index contributed by atoms with van der Waals surface area (Å²) in [6, 6.07) is 46.2. The van der Waals surface area contributed by atoms with E-state index in [1.165, 1.54) is 55.6 Å². The number of fused-ring (bicyclic) bond motifs is 9. The van der Waals surface area contributed by atoms with E-state index in [2.05, 4.69) is 168 Å². The molecule has 0 fully saturated rings. The van der Waals surface area contributed by atoms with Gasteiger partial charge in [0.15, 0.2) is 0 Å². The Morgan fingerprint density at radius 3 is 2.21 bits per heavy atom. The molecule has 0 radical (unpaired) electrons. The van der Waals surface area contributed by atoms with Crippen LogP contribution in [-0.4, -0.2) is 5.71 Å². The van der Waals surface area contributed by atoms with Crippen molar-refractivity contribution in [3.8, 4) is 22.3 Å². The van der Waals surface area contributed by atoms with E-state index >= 15 is 0 Å². The Bertz CT molecular complexity index is 2820. The van der Waals surface area contributed by atoms with Gasteiger partial charge >= 0.3 is 0 Å². The van der Waals surface area contributed by atoms with E-state index in [1.54, 1.807) is 0 Å². The van der Waals surface area contributed by atoms with E-state index in [0.29, 0.717) is 5.92 Å². The van der Waals surface area contributed by atoms with Gasteiger partial charge in [-0.1, -0.05) is 167 Å². The molecule has 0 spiro atoms. The monoisotopic (exact) mass is 739 g/mol. The molecule has 3 atom stereocenters. The third-order valence-corrected chi connectivity index (χ3v) is 12.6. The molecule has 280 valence electrons. The van der Waals surface area contributed by atoms with E-state index in [9.17, 15) is 0 Å². The number of furan rings is 1. The van der Waals surface area contributed by atoms with Gasteiger partial charge in [0, 0.05) is 39.3 Å². The Morgan fingerprint density at radius 1 is 0.702 bits per heavy atom. The Labute approximate surface area is 337 Å². The van der Waals surface area contributed by atoms with Crippen LogP contribution in [0.15, 0.2) is 174 Å². The van der Waals surface area contributed by atoms with E-state index in [0.717, 1.165) is 50.9 Å². The molecule has 57 heavy (non-hydrogen) atoms. The highest BCUT2D eigenvalue weighted by molar-refractivity contribution is 6.11. The highest BCUT2D eigenvalue weighted by Crippen LogP contribution is 2.57. The van der Waals surface area contributed by atoms with E-state index in [4.69, 9.17) is 9.41 Å². The van der Waals surface area contributed by atoms with Crippen molar-refractivity contribution in [2.24, 2.45) is 10.9 Å². The van der Waals surface area contributed by atoms with Crippen molar-refractivity contribution in [2.75, 3.05) is 0 Å². The van der Waals surface area contributed by atoms with Crippen molar-refractivity contribution >= 4 is 38.9 Å². The first kappa shape index (κ1) is 36.4. The van der Waals surface area contributed by atoms with Gasteiger partial charge in [-0.3, -0.25) is 4.99 Å². The summed E-state index contributed by atoms with van der Waals surface area (Å²) in [5.74, 6) is 0.794. The van der Waals surface area contributed by atoms with Crippen LogP contribution >= 0.6 is 0 Å². The lowest BCUT2D eigenvalue weighted by molar-refractivity contribution is 0.647. The number of hydrogen-bond acceptors (Lipinski definition) is 2. The smallest absolute Gasteiger partial charge is 0.136 e. The van der Waals surface area contributed by atoms with E-state index in [-0.39, 0.29) is 17.3 Å². The number of nitrogens with zero attached hydrogens (tertiary/aromatic N) is 1. The molecule has 0 saturated heterocycles. The van der Waals surface area contributed by atoms with Crippen LogP contribution in [-0.2, 0) is 5.41 Å². The molecule has 3 aliphatic rings. The van der Waals surface area contributed by atoms with Gasteiger partial charge in [0.25, 0.3) is 0 Å². The van der Waals surface area contributed by atoms with Gasteiger partial charge < -0.3 is 4.42 Å². The second kappa shape index (κ2) is 14.4. The summed E-state index contributed by atoms with van der Waals surface area (Å²) in [5.41, 5.74) is 19.4. The number of hydrogen-bond donors (Lipinski definition) is 0. The van der Waals surface area contributed by atoms with Gasteiger partial charge in [-0.25, -0.2) is 0 Å². The third kappa shape index (κ3) is 6.25. The summed E-state index contributed by atoms with van der Waals surface area (Å²) >= 11 is 0. The summed E-state index contributed by atoms with van der Waals surface area (Å²) in [4.78, 5) is 5.03. The normalized spacial score (nSPS) is 17.7. The molecule has 1 heterocycles.